The Kier molecular flexibility index (Phi) is 4.11. The highest BCUT2D eigenvalue weighted by atomic mass is 35.5. The van der Waals surface area contributed by atoms with Crippen molar-refractivity contribution in [3.05, 3.63) is 33.8 Å². The van der Waals surface area contributed by atoms with Crippen LogP contribution in [-0.2, 0) is 0 Å². The molecule has 0 aliphatic rings. The predicted octanol–water partition coefficient (Wildman–Crippen LogP) is 2.69. The molecule has 0 unspecified atom stereocenters. The van der Waals surface area contributed by atoms with Crippen LogP contribution >= 0.6 is 23.2 Å². The molecule has 1 nitrogen and oxygen atoms in total. The minimum Gasteiger partial charge on any atom is -0.330 e. The van der Waals surface area contributed by atoms with Crippen LogP contribution in [0.15, 0.2) is 18.2 Å². The molecule has 0 saturated carbocycles. The molecule has 1 rings (SSSR count). The van der Waals surface area contributed by atoms with E-state index >= 15 is 0 Å². The highest BCUT2D eigenvalue weighted by Gasteiger charge is 1.96. The minimum atomic E-state index is 0.568. The summed E-state index contributed by atoms with van der Waals surface area (Å²) in [4.78, 5) is 0. The van der Waals surface area contributed by atoms with Gasteiger partial charge < -0.3 is 5.73 Å². The number of halogens is 2. The lowest BCUT2D eigenvalue weighted by atomic mass is 10.2. The zero-order valence-electron chi connectivity index (χ0n) is 6.98. The van der Waals surface area contributed by atoms with Crippen molar-refractivity contribution in [2.24, 2.45) is 5.73 Å². The van der Waals surface area contributed by atoms with Crippen molar-refractivity contribution in [3.63, 3.8) is 0 Å². The number of nitrogens with two attached hydrogens (primary N) is 1. The molecule has 0 spiro atoms. The molecule has 0 atom stereocenters. The SMILES string of the molecule is NCCC#Cc1ccc(Cl)cc1Cl. The van der Waals surface area contributed by atoms with Crippen LogP contribution in [0.1, 0.15) is 12.0 Å². The smallest absolute Gasteiger partial charge is 0.0577 e. The standard InChI is InChI=1S/C10H9Cl2N/c11-9-5-4-8(10(12)7-9)3-1-2-6-13/h4-5,7H,2,6,13H2. The van der Waals surface area contributed by atoms with Gasteiger partial charge in [-0.3, -0.25) is 0 Å². The molecule has 1 aromatic carbocycles. The highest BCUT2D eigenvalue weighted by molar-refractivity contribution is 6.35. The zero-order chi connectivity index (χ0) is 9.68. The number of hydrogen-bond acceptors (Lipinski definition) is 1. The van der Waals surface area contributed by atoms with Crippen molar-refractivity contribution in [2.45, 2.75) is 6.42 Å². The van der Waals surface area contributed by atoms with Gasteiger partial charge in [-0.05, 0) is 18.2 Å². The van der Waals surface area contributed by atoms with E-state index in [1.807, 2.05) is 0 Å². The summed E-state index contributed by atoms with van der Waals surface area (Å²) >= 11 is 11.6. The largest absolute Gasteiger partial charge is 0.330 e. The summed E-state index contributed by atoms with van der Waals surface area (Å²) in [5.41, 5.74) is 6.09. The molecule has 0 radical (unpaired) electrons. The van der Waals surface area contributed by atoms with E-state index < -0.39 is 0 Å². The molecule has 0 bridgehead atoms. The average Bonchev–Trinajstić information content (AvgIpc) is 2.09. The van der Waals surface area contributed by atoms with Gasteiger partial charge in [0.2, 0.25) is 0 Å². The van der Waals surface area contributed by atoms with Crippen LogP contribution in [-0.4, -0.2) is 6.54 Å². The first-order chi connectivity index (χ1) is 6.24. The van der Waals surface area contributed by atoms with Crippen LogP contribution in [0.3, 0.4) is 0 Å². The maximum atomic E-state index is 5.89. The van der Waals surface area contributed by atoms with Gasteiger partial charge in [-0.25, -0.2) is 0 Å². The Bertz CT molecular complexity index is 350. The van der Waals surface area contributed by atoms with Crippen LogP contribution in [0.2, 0.25) is 10.0 Å². The van der Waals surface area contributed by atoms with Crippen LogP contribution in [0.5, 0.6) is 0 Å². The lowest BCUT2D eigenvalue weighted by Crippen LogP contribution is -1.95. The summed E-state index contributed by atoms with van der Waals surface area (Å²) in [5, 5.41) is 1.20. The van der Waals surface area contributed by atoms with Crippen molar-refractivity contribution >= 4 is 23.2 Å². The molecule has 0 aliphatic carbocycles. The second-order valence-corrected chi connectivity index (χ2v) is 3.31. The van der Waals surface area contributed by atoms with Crippen molar-refractivity contribution in [1.29, 1.82) is 0 Å². The third-order valence-corrected chi connectivity index (χ3v) is 1.97. The van der Waals surface area contributed by atoms with Gasteiger partial charge in [-0.15, -0.1) is 0 Å². The summed E-state index contributed by atoms with van der Waals surface area (Å²) in [6.45, 7) is 0.568. The fourth-order valence-electron chi connectivity index (χ4n) is 0.821. The summed E-state index contributed by atoms with van der Waals surface area (Å²) in [7, 11) is 0. The van der Waals surface area contributed by atoms with Crippen molar-refractivity contribution in [3.8, 4) is 11.8 Å². The first-order valence-corrected chi connectivity index (χ1v) is 4.63. The van der Waals surface area contributed by atoms with Crippen LogP contribution in [0.4, 0.5) is 0 Å². The summed E-state index contributed by atoms with van der Waals surface area (Å²) in [5.74, 6) is 5.83. The van der Waals surface area contributed by atoms with E-state index in [0.717, 1.165) is 5.56 Å². The van der Waals surface area contributed by atoms with Crippen molar-refractivity contribution in [1.82, 2.24) is 0 Å². The van der Waals surface area contributed by atoms with Gasteiger partial charge >= 0.3 is 0 Å². The highest BCUT2D eigenvalue weighted by Crippen LogP contribution is 2.19. The average molecular weight is 214 g/mol. The van der Waals surface area contributed by atoms with Crippen molar-refractivity contribution in [2.75, 3.05) is 6.54 Å². The minimum absolute atomic E-state index is 0.568. The molecular weight excluding hydrogens is 205 g/mol. The van der Waals surface area contributed by atoms with E-state index in [2.05, 4.69) is 11.8 Å². The van der Waals surface area contributed by atoms with E-state index in [1.54, 1.807) is 18.2 Å². The molecular formula is C10H9Cl2N. The lowest BCUT2D eigenvalue weighted by Gasteiger charge is -1.95. The van der Waals surface area contributed by atoms with Crippen LogP contribution in [0.25, 0.3) is 0 Å². The van der Waals surface area contributed by atoms with E-state index in [9.17, 15) is 0 Å². The van der Waals surface area contributed by atoms with Gasteiger partial charge in [-0.1, -0.05) is 35.0 Å². The molecule has 68 valence electrons. The normalized spacial score (nSPS) is 9.15. The summed E-state index contributed by atoms with van der Waals surface area (Å²) in [6.07, 6.45) is 0.680. The Hall–Kier alpha value is -0.680. The Morgan fingerprint density at radius 2 is 2.08 bits per heavy atom. The monoisotopic (exact) mass is 213 g/mol. The Balaban J connectivity index is 2.85. The third kappa shape index (κ3) is 3.28. The third-order valence-electron chi connectivity index (χ3n) is 1.42. The van der Waals surface area contributed by atoms with E-state index in [0.29, 0.717) is 23.0 Å². The molecule has 0 aliphatic heterocycles. The second-order valence-electron chi connectivity index (χ2n) is 2.46. The molecule has 0 amide bonds. The molecule has 2 N–H and O–H groups in total. The van der Waals surface area contributed by atoms with Gasteiger partial charge in [0.15, 0.2) is 0 Å². The molecule has 3 heteroatoms. The second kappa shape index (κ2) is 5.14. The van der Waals surface area contributed by atoms with E-state index in [-0.39, 0.29) is 0 Å². The first kappa shape index (κ1) is 10.4. The van der Waals surface area contributed by atoms with E-state index in [4.69, 9.17) is 28.9 Å². The van der Waals surface area contributed by atoms with Crippen LogP contribution < -0.4 is 5.73 Å². The van der Waals surface area contributed by atoms with Gasteiger partial charge in [-0.2, -0.15) is 0 Å². The Labute approximate surface area is 87.8 Å². The van der Waals surface area contributed by atoms with Gasteiger partial charge in [0.05, 0.1) is 5.02 Å². The van der Waals surface area contributed by atoms with Crippen molar-refractivity contribution < 1.29 is 0 Å². The van der Waals surface area contributed by atoms with Gasteiger partial charge in [0, 0.05) is 23.6 Å². The molecule has 0 saturated heterocycles. The number of benzene rings is 1. The molecule has 0 heterocycles. The molecule has 0 aromatic heterocycles. The topological polar surface area (TPSA) is 26.0 Å². The summed E-state index contributed by atoms with van der Waals surface area (Å²) < 4.78 is 0. The maximum absolute atomic E-state index is 5.89. The zero-order valence-corrected chi connectivity index (χ0v) is 8.49. The fourth-order valence-corrected chi connectivity index (χ4v) is 1.28. The number of hydrogen-bond donors (Lipinski definition) is 1. The molecule has 0 fully saturated rings. The summed E-state index contributed by atoms with van der Waals surface area (Å²) in [6, 6.07) is 5.24. The van der Waals surface area contributed by atoms with Crippen LogP contribution in [0, 0.1) is 11.8 Å². The quantitative estimate of drug-likeness (QED) is 0.714. The fraction of sp³-hybridized carbons (Fsp3) is 0.200. The van der Waals surface area contributed by atoms with Gasteiger partial charge in [0.25, 0.3) is 0 Å². The number of rotatable bonds is 1. The maximum Gasteiger partial charge on any atom is 0.0577 e. The van der Waals surface area contributed by atoms with Gasteiger partial charge in [0.1, 0.15) is 0 Å². The van der Waals surface area contributed by atoms with E-state index in [1.165, 1.54) is 0 Å². The lowest BCUT2D eigenvalue weighted by molar-refractivity contribution is 1.03. The Morgan fingerprint density at radius 1 is 1.31 bits per heavy atom. The molecule has 13 heavy (non-hydrogen) atoms. The molecule has 1 aromatic rings. The predicted molar refractivity (Wildman–Crippen MR) is 57.0 cm³/mol. The first-order valence-electron chi connectivity index (χ1n) is 3.88. The Morgan fingerprint density at radius 3 is 2.69 bits per heavy atom.